The van der Waals surface area contributed by atoms with Crippen LogP contribution in [0.25, 0.3) is 17.0 Å². The summed E-state index contributed by atoms with van der Waals surface area (Å²) < 4.78 is 45.0. The van der Waals surface area contributed by atoms with Crippen LogP contribution < -0.4 is 9.47 Å². The van der Waals surface area contributed by atoms with E-state index in [0.717, 1.165) is 36.8 Å². The minimum atomic E-state index is -3.80. The fourth-order valence-electron chi connectivity index (χ4n) is 5.11. The molecule has 4 rings (SSSR count). The topological polar surface area (TPSA) is 66.8 Å². The number of allylic oxidation sites excluding steroid dienone is 1. The molecule has 7 heteroatoms. The largest absolute Gasteiger partial charge is 0.497 e. The molecule has 0 aliphatic rings. The molecule has 42 heavy (non-hydrogen) atoms. The monoisotopic (exact) mass is 589 g/mol. The van der Waals surface area contributed by atoms with E-state index in [1.54, 1.807) is 44.7 Å². The molecule has 0 fully saturated rings. The van der Waals surface area contributed by atoms with Crippen LogP contribution in [0.4, 0.5) is 0 Å². The van der Waals surface area contributed by atoms with Gasteiger partial charge in [0.05, 0.1) is 36.6 Å². The summed E-state index contributed by atoms with van der Waals surface area (Å²) in [6.45, 7) is 1.53. The summed E-state index contributed by atoms with van der Waals surface area (Å²) in [5.74, 6) is 1.26. The highest BCUT2D eigenvalue weighted by atomic mass is 32.2. The van der Waals surface area contributed by atoms with Gasteiger partial charge in [0.15, 0.2) is 0 Å². The van der Waals surface area contributed by atoms with E-state index in [4.69, 9.17) is 14.2 Å². The Balaban J connectivity index is 1.22. The van der Waals surface area contributed by atoms with E-state index >= 15 is 0 Å². The van der Waals surface area contributed by atoms with Crippen molar-refractivity contribution in [2.75, 3.05) is 20.8 Å². The molecule has 0 saturated carbocycles. The highest BCUT2D eigenvalue weighted by Crippen LogP contribution is 2.34. The van der Waals surface area contributed by atoms with E-state index in [-0.39, 0.29) is 4.90 Å². The number of rotatable bonds is 18. The van der Waals surface area contributed by atoms with Gasteiger partial charge in [0, 0.05) is 18.4 Å². The number of nitrogens with zero attached hydrogens (tertiary/aromatic N) is 1. The SMILES string of the molecule is COc1ccc(S(=O)(=O)n2cc(C=CCCCCCCCCCCOCc3ccccc3)c3c(OC)cccc32)cc1. The van der Waals surface area contributed by atoms with Crippen LogP contribution in [0, 0.1) is 0 Å². The van der Waals surface area contributed by atoms with Gasteiger partial charge in [-0.15, -0.1) is 0 Å². The normalized spacial score (nSPS) is 11.9. The molecule has 0 N–H and O–H groups in total. The van der Waals surface area contributed by atoms with E-state index in [1.807, 2.05) is 42.5 Å². The Morgan fingerprint density at radius 3 is 2.12 bits per heavy atom. The Bertz CT molecular complexity index is 1510. The zero-order chi connectivity index (χ0) is 29.6. The second-order valence-electron chi connectivity index (χ2n) is 10.5. The average molecular weight is 590 g/mol. The van der Waals surface area contributed by atoms with Crippen LogP contribution in [0.3, 0.4) is 0 Å². The van der Waals surface area contributed by atoms with Crippen LogP contribution in [-0.4, -0.2) is 33.2 Å². The first kappa shape index (κ1) is 31.4. The Morgan fingerprint density at radius 1 is 0.738 bits per heavy atom. The summed E-state index contributed by atoms with van der Waals surface area (Å²) in [5.41, 5.74) is 2.65. The first-order valence-corrected chi connectivity index (χ1v) is 16.3. The zero-order valence-corrected chi connectivity index (χ0v) is 25.7. The number of fused-ring (bicyclic) bond motifs is 1. The molecule has 0 aliphatic carbocycles. The van der Waals surface area contributed by atoms with Crippen molar-refractivity contribution in [2.45, 2.75) is 69.3 Å². The van der Waals surface area contributed by atoms with Crippen molar-refractivity contribution >= 4 is 27.0 Å². The summed E-state index contributed by atoms with van der Waals surface area (Å²) in [6, 6.07) is 22.3. The van der Waals surface area contributed by atoms with Gasteiger partial charge in [-0.2, -0.15) is 0 Å². The van der Waals surface area contributed by atoms with Gasteiger partial charge in [-0.1, -0.05) is 87.1 Å². The standard InChI is InChI=1S/C35H43NO5S/c1-39-31-22-24-32(25-23-31)42(37,38)36-27-30(35-33(36)20-16-21-34(35)40-2)19-14-9-7-5-3-4-6-8-10-15-26-41-28-29-17-12-11-13-18-29/h11-14,16-25,27H,3-10,15,26,28H2,1-2H3. The number of aromatic nitrogens is 1. The van der Waals surface area contributed by atoms with E-state index in [2.05, 4.69) is 18.2 Å². The lowest BCUT2D eigenvalue weighted by Crippen LogP contribution is -2.11. The molecule has 224 valence electrons. The highest BCUT2D eigenvalue weighted by Gasteiger charge is 2.22. The van der Waals surface area contributed by atoms with Crippen LogP contribution in [-0.2, 0) is 21.4 Å². The quantitative estimate of drug-likeness (QED) is 0.109. The fourth-order valence-corrected chi connectivity index (χ4v) is 6.48. The van der Waals surface area contributed by atoms with Gasteiger partial charge >= 0.3 is 0 Å². The molecule has 3 aromatic carbocycles. The lowest BCUT2D eigenvalue weighted by Gasteiger charge is -2.09. The molecular formula is C35H43NO5S. The summed E-state index contributed by atoms with van der Waals surface area (Å²) >= 11 is 0. The van der Waals surface area contributed by atoms with Crippen LogP contribution in [0.2, 0.25) is 0 Å². The number of methoxy groups -OCH3 is 2. The van der Waals surface area contributed by atoms with Gasteiger partial charge < -0.3 is 14.2 Å². The Morgan fingerprint density at radius 2 is 1.43 bits per heavy atom. The predicted octanol–water partition coefficient (Wildman–Crippen LogP) is 8.64. The fraction of sp³-hybridized carbons (Fsp3) is 0.371. The van der Waals surface area contributed by atoms with Crippen LogP contribution in [0.1, 0.15) is 68.9 Å². The minimum absolute atomic E-state index is 0.204. The molecule has 0 saturated heterocycles. The van der Waals surface area contributed by atoms with Crippen molar-refractivity contribution in [3.8, 4) is 11.5 Å². The van der Waals surface area contributed by atoms with Crippen LogP contribution in [0.5, 0.6) is 11.5 Å². The molecule has 0 bridgehead atoms. The van der Waals surface area contributed by atoms with Gasteiger partial charge in [0.1, 0.15) is 11.5 Å². The maximum Gasteiger partial charge on any atom is 0.268 e. The second kappa shape index (κ2) is 16.2. The molecule has 0 spiro atoms. The molecule has 0 aliphatic heterocycles. The second-order valence-corrected chi connectivity index (χ2v) is 12.3. The zero-order valence-electron chi connectivity index (χ0n) is 24.8. The maximum absolute atomic E-state index is 13.6. The van der Waals surface area contributed by atoms with Crippen molar-refractivity contribution in [2.24, 2.45) is 0 Å². The Labute approximate surface area is 251 Å². The van der Waals surface area contributed by atoms with Gasteiger partial charge in [0.2, 0.25) is 0 Å². The number of ether oxygens (including phenoxy) is 3. The third kappa shape index (κ3) is 8.49. The molecular weight excluding hydrogens is 546 g/mol. The third-order valence-corrected chi connectivity index (χ3v) is 9.13. The van der Waals surface area contributed by atoms with Gasteiger partial charge in [-0.3, -0.25) is 0 Å². The van der Waals surface area contributed by atoms with Crippen molar-refractivity contribution in [1.29, 1.82) is 0 Å². The summed E-state index contributed by atoms with van der Waals surface area (Å²) in [7, 11) is -0.634. The van der Waals surface area contributed by atoms with Crippen molar-refractivity contribution < 1.29 is 22.6 Å². The summed E-state index contributed by atoms with van der Waals surface area (Å²) in [5, 5.41) is 0.791. The number of unbranched alkanes of at least 4 members (excludes halogenated alkanes) is 8. The lowest BCUT2D eigenvalue weighted by atomic mass is 10.1. The number of hydrogen-bond donors (Lipinski definition) is 0. The molecule has 1 heterocycles. The van der Waals surface area contributed by atoms with Crippen molar-refractivity contribution in [3.05, 3.63) is 96.2 Å². The molecule has 0 unspecified atom stereocenters. The highest BCUT2D eigenvalue weighted by molar-refractivity contribution is 7.90. The van der Waals surface area contributed by atoms with E-state index in [9.17, 15) is 8.42 Å². The number of hydrogen-bond acceptors (Lipinski definition) is 5. The minimum Gasteiger partial charge on any atom is -0.497 e. The molecule has 0 amide bonds. The number of benzene rings is 3. The average Bonchev–Trinajstić information content (AvgIpc) is 3.41. The van der Waals surface area contributed by atoms with Crippen LogP contribution >= 0.6 is 0 Å². The Hall–Kier alpha value is -3.55. The van der Waals surface area contributed by atoms with Crippen molar-refractivity contribution in [3.63, 3.8) is 0 Å². The van der Waals surface area contributed by atoms with Crippen molar-refractivity contribution in [1.82, 2.24) is 3.97 Å². The van der Waals surface area contributed by atoms with Gasteiger partial charge in [0.25, 0.3) is 10.0 Å². The first-order chi connectivity index (χ1) is 20.5. The molecule has 6 nitrogen and oxygen atoms in total. The smallest absolute Gasteiger partial charge is 0.268 e. The third-order valence-electron chi connectivity index (χ3n) is 7.44. The molecule has 4 aromatic rings. The maximum atomic E-state index is 13.6. The summed E-state index contributed by atoms with van der Waals surface area (Å²) in [4.78, 5) is 0.204. The molecule has 1 aromatic heterocycles. The van der Waals surface area contributed by atoms with Gasteiger partial charge in [-0.25, -0.2) is 12.4 Å². The Kier molecular flexibility index (Phi) is 12.1. The molecule has 0 radical (unpaired) electrons. The van der Waals surface area contributed by atoms with E-state index < -0.39 is 10.0 Å². The predicted molar refractivity (Wildman–Crippen MR) is 171 cm³/mol. The summed E-state index contributed by atoms with van der Waals surface area (Å²) in [6.07, 6.45) is 16.5. The van der Waals surface area contributed by atoms with E-state index in [1.165, 1.54) is 48.1 Å². The van der Waals surface area contributed by atoms with E-state index in [0.29, 0.717) is 23.6 Å². The first-order valence-electron chi connectivity index (χ1n) is 14.9. The lowest BCUT2D eigenvalue weighted by molar-refractivity contribution is 0.116. The van der Waals surface area contributed by atoms with Gasteiger partial charge in [-0.05, 0) is 61.2 Å². The van der Waals surface area contributed by atoms with Crippen LogP contribution in [0.15, 0.2) is 90.0 Å². The molecule has 0 atom stereocenters.